The first-order chi connectivity index (χ1) is 9.54. The minimum absolute atomic E-state index is 0.473. The molecule has 0 fully saturated rings. The standard InChI is InChI=1S/C16H15ClN2S/c1-16(18,11-5-4-6-12(17)9-11)10-15-19-13-7-2-3-8-14(13)20-15/h2-9H,10,18H2,1H3. The van der Waals surface area contributed by atoms with Gasteiger partial charge >= 0.3 is 0 Å². The number of thiazole rings is 1. The van der Waals surface area contributed by atoms with Crippen LogP contribution in [0.3, 0.4) is 0 Å². The molecule has 3 aromatic rings. The monoisotopic (exact) mass is 302 g/mol. The van der Waals surface area contributed by atoms with Gasteiger partial charge in [0.2, 0.25) is 0 Å². The van der Waals surface area contributed by atoms with E-state index in [2.05, 4.69) is 11.1 Å². The Morgan fingerprint density at radius 3 is 2.75 bits per heavy atom. The number of aromatic nitrogens is 1. The van der Waals surface area contributed by atoms with Crippen LogP contribution in [-0.2, 0) is 12.0 Å². The molecule has 4 heteroatoms. The summed E-state index contributed by atoms with van der Waals surface area (Å²) in [5, 5.41) is 1.76. The number of hydrogen-bond acceptors (Lipinski definition) is 3. The van der Waals surface area contributed by atoms with E-state index in [1.807, 2.05) is 49.4 Å². The first-order valence-electron chi connectivity index (χ1n) is 6.44. The molecule has 3 rings (SSSR count). The fourth-order valence-electron chi connectivity index (χ4n) is 2.26. The zero-order chi connectivity index (χ0) is 14.2. The second kappa shape index (κ2) is 5.17. The molecule has 0 aliphatic rings. The first kappa shape index (κ1) is 13.6. The molecule has 0 spiro atoms. The minimum Gasteiger partial charge on any atom is -0.321 e. The summed E-state index contributed by atoms with van der Waals surface area (Å²) in [5.41, 5.74) is 8.06. The molecule has 0 saturated carbocycles. The second-order valence-corrected chi connectivity index (χ2v) is 6.73. The lowest BCUT2D eigenvalue weighted by Crippen LogP contribution is -2.35. The molecule has 0 radical (unpaired) electrons. The van der Waals surface area contributed by atoms with Crippen molar-refractivity contribution in [1.82, 2.24) is 4.98 Å². The van der Waals surface area contributed by atoms with Crippen molar-refractivity contribution in [2.75, 3.05) is 0 Å². The van der Waals surface area contributed by atoms with E-state index in [0.29, 0.717) is 11.4 Å². The number of halogens is 1. The summed E-state index contributed by atoms with van der Waals surface area (Å²) >= 11 is 7.75. The fraction of sp³-hybridized carbons (Fsp3) is 0.188. The maximum absolute atomic E-state index is 6.47. The number of benzene rings is 2. The summed E-state index contributed by atoms with van der Waals surface area (Å²) in [5.74, 6) is 0. The number of fused-ring (bicyclic) bond motifs is 1. The van der Waals surface area contributed by atoms with Crippen LogP contribution in [0.4, 0.5) is 0 Å². The van der Waals surface area contributed by atoms with Crippen molar-refractivity contribution >= 4 is 33.2 Å². The Hall–Kier alpha value is -1.42. The fourth-order valence-corrected chi connectivity index (χ4v) is 3.58. The normalized spacial score (nSPS) is 14.3. The third-order valence-corrected chi connectivity index (χ3v) is 4.61. The van der Waals surface area contributed by atoms with Crippen LogP contribution in [0.25, 0.3) is 10.2 Å². The zero-order valence-corrected chi connectivity index (χ0v) is 12.7. The molecule has 1 aromatic heterocycles. The predicted octanol–water partition coefficient (Wildman–Crippen LogP) is 4.37. The third kappa shape index (κ3) is 2.70. The van der Waals surface area contributed by atoms with Crippen molar-refractivity contribution in [3.63, 3.8) is 0 Å². The van der Waals surface area contributed by atoms with E-state index < -0.39 is 5.54 Å². The summed E-state index contributed by atoms with van der Waals surface area (Å²) in [6, 6.07) is 15.9. The highest BCUT2D eigenvalue weighted by Gasteiger charge is 2.23. The number of para-hydroxylation sites is 1. The molecule has 0 aliphatic heterocycles. The van der Waals surface area contributed by atoms with Crippen LogP contribution < -0.4 is 5.73 Å². The number of nitrogens with zero attached hydrogens (tertiary/aromatic N) is 1. The lowest BCUT2D eigenvalue weighted by atomic mass is 9.90. The SMILES string of the molecule is CC(N)(Cc1nc2ccccc2s1)c1cccc(Cl)c1. The van der Waals surface area contributed by atoms with E-state index in [9.17, 15) is 0 Å². The molecular formula is C16H15ClN2S. The summed E-state index contributed by atoms with van der Waals surface area (Å²) in [6.45, 7) is 2.02. The van der Waals surface area contributed by atoms with Crippen LogP contribution in [0.5, 0.6) is 0 Å². The molecule has 2 nitrogen and oxygen atoms in total. The van der Waals surface area contributed by atoms with Gasteiger partial charge in [0.1, 0.15) is 0 Å². The van der Waals surface area contributed by atoms with Gasteiger partial charge in [-0.1, -0.05) is 35.9 Å². The van der Waals surface area contributed by atoms with E-state index in [1.165, 1.54) is 4.70 Å². The van der Waals surface area contributed by atoms with E-state index >= 15 is 0 Å². The van der Waals surface area contributed by atoms with Crippen molar-refractivity contribution in [2.24, 2.45) is 5.73 Å². The molecule has 0 amide bonds. The van der Waals surface area contributed by atoms with Crippen LogP contribution in [0, 0.1) is 0 Å². The molecule has 102 valence electrons. The van der Waals surface area contributed by atoms with E-state index in [1.54, 1.807) is 11.3 Å². The molecule has 20 heavy (non-hydrogen) atoms. The predicted molar refractivity (Wildman–Crippen MR) is 86.3 cm³/mol. The lowest BCUT2D eigenvalue weighted by molar-refractivity contribution is 0.491. The van der Waals surface area contributed by atoms with Gasteiger partial charge < -0.3 is 5.73 Å². The van der Waals surface area contributed by atoms with Gasteiger partial charge in [-0.15, -0.1) is 11.3 Å². The molecule has 2 N–H and O–H groups in total. The maximum atomic E-state index is 6.47. The van der Waals surface area contributed by atoms with Crippen molar-refractivity contribution in [3.05, 3.63) is 64.1 Å². The largest absolute Gasteiger partial charge is 0.321 e. The average molecular weight is 303 g/mol. The minimum atomic E-state index is -0.473. The quantitative estimate of drug-likeness (QED) is 0.780. The lowest BCUT2D eigenvalue weighted by Gasteiger charge is -2.24. The molecule has 0 bridgehead atoms. The van der Waals surface area contributed by atoms with Crippen molar-refractivity contribution in [1.29, 1.82) is 0 Å². The third-order valence-electron chi connectivity index (χ3n) is 3.34. The molecule has 0 aliphatic carbocycles. The average Bonchev–Trinajstić information content (AvgIpc) is 2.80. The van der Waals surface area contributed by atoms with E-state index in [-0.39, 0.29) is 0 Å². The van der Waals surface area contributed by atoms with Gasteiger partial charge in [-0.05, 0) is 36.8 Å². The van der Waals surface area contributed by atoms with Crippen molar-refractivity contribution < 1.29 is 0 Å². The topological polar surface area (TPSA) is 38.9 Å². The van der Waals surface area contributed by atoms with Gasteiger partial charge in [-0.3, -0.25) is 0 Å². The Balaban J connectivity index is 1.92. The molecule has 1 heterocycles. The van der Waals surface area contributed by atoms with E-state index in [4.69, 9.17) is 17.3 Å². The summed E-state index contributed by atoms with van der Waals surface area (Å²) in [6.07, 6.45) is 0.701. The Labute approximate surface area is 127 Å². The Kier molecular flexibility index (Phi) is 3.50. The van der Waals surface area contributed by atoms with Crippen LogP contribution in [0.1, 0.15) is 17.5 Å². The zero-order valence-electron chi connectivity index (χ0n) is 11.1. The molecule has 0 saturated heterocycles. The van der Waals surface area contributed by atoms with Gasteiger partial charge in [-0.25, -0.2) is 4.98 Å². The van der Waals surface area contributed by atoms with Gasteiger partial charge in [-0.2, -0.15) is 0 Å². The Morgan fingerprint density at radius 2 is 2.00 bits per heavy atom. The van der Waals surface area contributed by atoms with Crippen molar-refractivity contribution in [3.8, 4) is 0 Å². The first-order valence-corrected chi connectivity index (χ1v) is 7.63. The Bertz CT molecular complexity index is 716. The van der Waals surface area contributed by atoms with Gasteiger partial charge in [0.15, 0.2) is 0 Å². The van der Waals surface area contributed by atoms with Crippen LogP contribution in [-0.4, -0.2) is 4.98 Å². The molecule has 1 unspecified atom stereocenters. The van der Waals surface area contributed by atoms with Gasteiger partial charge in [0, 0.05) is 17.0 Å². The summed E-state index contributed by atoms with van der Waals surface area (Å²) < 4.78 is 1.20. The molecule has 1 atom stereocenters. The van der Waals surface area contributed by atoms with Crippen LogP contribution in [0.2, 0.25) is 5.02 Å². The molecular weight excluding hydrogens is 288 g/mol. The van der Waals surface area contributed by atoms with Crippen molar-refractivity contribution in [2.45, 2.75) is 18.9 Å². The highest BCUT2D eigenvalue weighted by Crippen LogP contribution is 2.29. The maximum Gasteiger partial charge on any atom is 0.0960 e. The van der Waals surface area contributed by atoms with Crippen LogP contribution in [0.15, 0.2) is 48.5 Å². The summed E-state index contributed by atoms with van der Waals surface area (Å²) in [4.78, 5) is 4.65. The van der Waals surface area contributed by atoms with Crippen LogP contribution >= 0.6 is 22.9 Å². The smallest absolute Gasteiger partial charge is 0.0960 e. The number of hydrogen-bond donors (Lipinski definition) is 1. The van der Waals surface area contributed by atoms with Gasteiger partial charge in [0.25, 0.3) is 0 Å². The number of rotatable bonds is 3. The summed E-state index contributed by atoms with van der Waals surface area (Å²) in [7, 11) is 0. The Morgan fingerprint density at radius 1 is 1.20 bits per heavy atom. The highest BCUT2D eigenvalue weighted by atomic mass is 35.5. The molecule has 2 aromatic carbocycles. The highest BCUT2D eigenvalue weighted by molar-refractivity contribution is 7.18. The van der Waals surface area contributed by atoms with E-state index in [0.717, 1.165) is 16.1 Å². The second-order valence-electron chi connectivity index (χ2n) is 5.18. The number of nitrogens with two attached hydrogens (primary N) is 1. The van der Waals surface area contributed by atoms with Gasteiger partial charge in [0.05, 0.1) is 15.2 Å².